The second-order valence-corrected chi connectivity index (χ2v) is 8.98. The molecular formula is C29H49KO9. The van der Waals surface area contributed by atoms with Gasteiger partial charge in [0, 0.05) is 5.56 Å². The maximum absolute atomic E-state index is 11.6. The fraction of sp³-hybridized carbons (Fsp3) is 0.759. The van der Waals surface area contributed by atoms with E-state index in [9.17, 15) is 9.90 Å². The first-order valence-electron chi connectivity index (χ1n) is 14.2. The van der Waals surface area contributed by atoms with Gasteiger partial charge in [0.05, 0.1) is 78.6 Å². The second kappa shape index (κ2) is 29.4. The Balaban J connectivity index is 0.0000144. The largest absolute Gasteiger partial charge is 1.00 e. The molecule has 0 unspecified atom stereocenters. The summed E-state index contributed by atoms with van der Waals surface area (Å²) in [4.78, 5) is 11.6. The van der Waals surface area contributed by atoms with E-state index in [0.29, 0.717) is 71.8 Å². The van der Waals surface area contributed by atoms with Crippen LogP contribution >= 0.6 is 0 Å². The number of rotatable bonds is 28. The zero-order valence-corrected chi connectivity index (χ0v) is 27.4. The minimum atomic E-state index is -1.23. The van der Waals surface area contributed by atoms with E-state index >= 15 is 0 Å². The van der Waals surface area contributed by atoms with Gasteiger partial charge >= 0.3 is 51.4 Å². The van der Waals surface area contributed by atoms with Crippen molar-refractivity contribution in [3.8, 4) is 5.75 Å². The number of carboxylic acids is 1. The van der Waals surface area contributed by atoms with Gasteiger partial charge in [0.2, 0.25) is 0 Å². The summed E-state index contributed by atoms with van der Waals surface area (Å²) < 4.78 is 32.3. The summed E-state index contributed by atoms with van der Waals surface area (Å²) in [6, 6.07) is 5.31. The molecule has 220 valence electrons. The van der Waals surface area contributed by atoms with Crippen molar-refractivity contribution in [1.29, 1.82) is 0 Å². The molecule has 0 saturated carbocycles. The third kappa shape index (κ3) is 23.2. The molecule has 1 rings (SSSR count). The van der Waals surface area contributed by atoms with Crippen molar-refractivity contribution < 1.29 is 94.8 Å². The molecule has 0 amide bonds. The van der Waals surface area contributed by atoms with Gasteiger partial charge in [0.1, 0.15) is 12.4 Å². The van der Waals surface area contributed by atoms with Crippen molar-refractivity contribution in [2.75, 3.05) is 79.3 Å². The van der Waals surface area contributed by atoms with Crippen LogP contribution in [-0.2, 0) is 30.1 Å². The van der Waals surface area contributed by atoms with Crippen LogP contribution < -0.4 is 61.2 Å². The molecule has 1 N–H and O–H groups in total. The number of aliphatic hydroxyl groups is 1. The normalized spacial score (nSPS) is 10.9. The molecule has 0 bridgehead atoms. The molecule has 0 atom stereocenters. The summed E-state index contributed by atoms with van der Waals surface area (Å²) in [5.74, 6) is -0.920. The van der Waals surface area contributed by atoms with Gasteiger partial charge in [-0.3, -0.25) is 0 Å². The molecule has 0 saturated heterocycles. The maximum atomic E-state index is 11.6. The number of hydrogen-bond acceptors (Lipinski definition) is 9. The monoisotopic (exact) mass is 580 g/mol. The number of hydrogen-bond donors (Lipinski definition) is 1. The van der Waals surface area contributed by atoms with E-state index in [1.807, 2.05) is 6.07 Å². The number of carbonyl (C=O) groups excluding carboxylic acids is 1. The Morgan fingerprint density at radius 3 is 1.64 bits per heavy atom. The van der Waals surface area contributed by atoms with Gasteiger partial charge in [0.15, 0.2) is 0 Å². The maximum Gasteiger partial charge on any atom is 1.00 e. The molecule has 0 aromatic heterocycles. The summed E-state index contributed by atoms with van der Waals surface area (Å²) in [6.07, 6.45) is 10.8. The van der Waals surface area contributed by atoms with Gasteiger partial charge < -0.3 is 43.4 Å². The Labute approximate surface area is 277 Å². The smallest absolute Gasteiger partial charge is 0.545 e. The zero-order valence-electron chi connectivity index (χ0n) is 24.3. The molecule has 0 fully saturated rings. The third-order valence-corrected chi connectivity index (χ3v) is 5.79. The molecule has 0 aliphatic heterocycles. The predicted molar refractivity (Wildman–Crippen MR) is 144 cm³/mol. The molecule has 9 nitrogen and oxygen atoms in total. The average Bonchev–Trinajstić information content (AvgIpc) is 2.92. The number of aryl methyl sites for hydroxylation is 1. The first-order chi connectivity index (χ1) is 18.7. The van der Waals surface area contributed by atoms with Gasteiger partial charge in [-0.15, -0.1) is 0 Å². The van der Waals surface area contributed by atoms with E-state index in [4.69, 9.17) is 33.5 Å². The Kier molecular flexibility index (Phi) is 29.3. The van der Waals surface area contributed by atoms with Crippen LogP contribution in [0.15, 0.2) is 18.2 Å². The molecule has 0 aliphatic rings. The van der Waals surface area contributed by atoms with Gasteiger partial charge in [-0.2, -0.15) is 0 Å². The van der Waals surface area contributed by atoms with E-state index in [2.05, 4.69) is 6.92 Å². The number of carbonyl (C=O) groups is 1. The van der Waals surface area contributed by atoms with Crippen LogP contribution in [0.1, 0.15) is 74.2 Å². The fourth-order valence-electron chi connectivity index (χ4n) is 3.74. The van der Waals surface area contributed by atoms with Crippen LogP contribution in [0.2, 0.25) is 0 Å². The van der Waals surface area contributed by atoms with Crippen LogP contribution in [-0.4, -0.2) is 90.4 Å². The second-order valence-electron chi connectivity index (χ2n) is 8.98. The van der Waals surface area contributed by atoms with E-state index in [1.54, 1.807) is 12.1 Å². The van der Waals surface area contributed by atoms with Crippen molar-refractivity contribution in [3.63, 3.8) is 0 Å². The van der Waals surface area contributed by atoms with Gasteiger partial charge in [-0.1, -0.05) is 57.9 Å². The van der Waals surface area contributed by atoms with Crippen LogP contribution in [0.25, 0.3) is 0 Å². The van der Waals surface area contributed by atoms with Crippen LogP contribution in [0.5, 0.6) is 5.75 Å². The summed E-state index contributed by atoms with van der Waals surface area (Å²) in [6.45, 7) is 6.78. The van der Waals surface area contributed by atoms with Crippen LogP contribution in [0.4, 0.5) is 0 Å². The standard InChI is InChI=1S/C29H50O9.K/c1-2-3-4-5-6-7-8-9-10-26-11-12-28(27(25-26)29(31)32)38-24-23-37-22-21-36-20-19-35-18-17-34-16-15-33-14-13-30;/h11-12,25,30H,2-10,13-24H2,1H3,(H,31,32);/q;+1/p-1. The Morgan fingerprint density at radius 2 is 1.15 bits per heavy atom. The molecule has 0 radical (unpaired) electrons. The molecule has 1 aromatic rings. The van der Waals surface area contributed by atoms with Gasteiger partial charge in [0.25, 0.3) is 0 Å². The summed E-state index contributed by atoms with van der Waals surface area (Å²) >= 11 is 0. The first-order valence-corrected chi connectivity index (χ1v) is 14.2. The third-order valence-electron chi connectivity index (χ3n) is 5.79. The summed E-state index contributed by atoms with van der Waals surface area (Å²) in [7, 11) is 0. The summed E-state index contributed by atoms with van der Waals surface area (Å²) in [5, 5.41) is 20.2. The number of aliphatic hydroxyl groups excluding tert-OH is 1. The quantitative estimate of drug-likeness (QED) is 0.110. The number of ether oxygens (including phenoxy) is 6. The number of aromatic carboxylic acids is 1. The molecule has 0 aliphatic carbocycles. The van der Waals surface area contributed by atoms with E-state index < -0.39 is 5.97 Å². The number of unbranched alkanes of at least 4 members (excludes halogenated alkanes) is 7. The molecular weight excluding hydrogens is 531 g/mol. The Morgan fingerprint density at radius 1 is 0.692 bits per heavy atom. The van der Waals surface area contributed by atoms with Crippen molar-refractivity contribution in [1.82, 2.24) is 0 Å². The molecule has 1 aromatic carbocycles. The Bertz CT molecular complexity index is 691. The van der Waals surface area contributed by atoms with Crippen molar-refractivity contribution in [2.24, 2.45) is 0 Å². The average molecular weight is 581 g/mol. The number of benzene rings is 1. The molecule has 39 heavy (non-hydrogen) atoms. The minimum Gasteiger partial charge on any atom is -0.545 e. The Hall–Kier alpha value is -0.114. The first kappa shape index (κ1) is 38.9. The minimum absolute atomic E-state index is 0. The molecule has 0 heterocycles. The van der Waals surface area contributed by atoms with E-state index in [0.717, 1.165) is 24.8 Å². The van der Waals surface area contributed by atoms with Crippen molar-refractivity contribution in [3.05, 3.63) is 29.3 Å². The van der Waals surface area contributed by atoms with Crippen molar-refractivity contribution in [2.45, 2.75) is 64.7 Å². The predicted octanol–water partition coefficient (Wildman–Crippen LogP) is 0.191. The fourth-order valence-corrected chi connectivity index (χ4v) is 3.74. The number of carboxylic acid groups (broad SMARTS) is 1. The SMILES string of the molecule is CCCCCCCCCCc1ccc(OCCOCCOCCOCCOCCOCCO)c(C(=O)[O-])c1.[K+]. The summed E-state index contributed by atoms with van der Waals surface area (Å²) in [5.41, 5.74) is 1.09. The topological polar surface area (TPSA) is 116 Å². The van der Waals surface area contributed by atoms with Crippen LogP contribution in [0.3, 0.4) is 0 Å². The van der Waals surface area contributed by atoms with Crippen LogP contribution in [0, 0.1) is 0 Å². The molecule has 10 heteroatoms. The zero-order chi connectivity index (χ0) is 27.5. The van der Waals surface area contributed by atoms with Gasteiger partial charge in [-0.05, 0) is 30.5 Å². The molecule has 0 spiro atoms. The van der Waals surface area contributed by atoms with Crippen molar-refractivity contribution >= 4 is 5.97 Å². The van der Waals surface area contributed by atoms with E-state index in [-0.39, 0.29) is 70.2 Å². The van der Waals surface area contributed by atoms with E-state index in [1.165, 1.54) is 38.5 Å². The van der Waals surface area contributed by atoms with Gasteiger partial charge in [-0.25, -0.2) is 0 Å².